The Bertz CT molecular complexity index is 414. The van der Waals surface area contributed by atoms with Crippen LogP contribution in [0.15, 0.2) is 18.2 Å². The van der Waals surface area contributed by atoms with Gasteiger partial charge in [-0.15, -0.1) is 0 Å². The Labute approximate surface area is 101 Å². The number of hydrogen-bond acceptors (Lipinski definition) is 3. The highest BCUT2D eigenvalue weighted by atomic mass is 19.1. The third kappa shape index (κ3) is 3.52. The Balaban J connectivity index is 2.67. The highest BCUT2D eigenvalue weighted by Gasteiger charge is 2.12. The van der Waals surface area contributed by atoms with Gasteiger partial charge in [0, 0.05) is 24.8 Å². The molecule has 1 aromatic carbocycles. The topological polar surface area (TPSA) is 56.0 Å². The van der Waals surface area contributed by atoms with Crippen LogP contribution in [-0.2, 0) is 6.54 Å². The molecule has 0 aromatic heterocycles. The SMILES string of the molecule is CC(CO)C(C)NCc1cccc(C#N)c1F. The lowest BCUT2D eigenvalue weighted by atomic mass is 10.0. The Kier molecular flexibility index (Phi) is 5.08. The minimum atomic E-state index is -0.466. The zero-order valence-electron chi connectivity index (χ0n) is 10.1. The number of benzene rings is 1. The maximum atomic E-state index is 13.7. The highest BCUT2D eigenvalue weighted by Crippen LogP contribution is 2.12. The van der Waals surface area contributed by atoms with E-state index in [2.05, 4.69) is 5.32 Å². The molecule has 0 heterocycles. The van der Waals surface area contributed by atoms with E-state index < -0.39 is 5.82 Å². The van der Waals surface area contributed by atoms with E-state index in [-0.39, 0.29) is 24.1 Å². The van der Waals surface area contributed by atoms with Gasteiger partial charge >= 0.3 is 0 Å². The molecule has 4 heteroatoms. The van der Waals surface area contributed by atoms with Gasteiger partial charge in [0.05, 0.1) is 5.56 Å². The van der Waals surface area contributed by atoms with Crippen molar-refractivity contribution in [2.45, 2.75) is 26.4 Å². The van der Waals surface area contributed by atoms with Gasteiger partial charge < -0.3 is 10.4 Å². The van der Waals surface area contributed by atoms with Crippen molar-refractivity contribution in [3.05, 3.63) is 35.1 Å². The van der Waals surface area contributed by atoms with E-state index in [0.717, 1.165) is 0 Å². The average molecular weight is 236 g/mol. The molecule has 2 unspecified atom stereocenters. The number of aliphatic hydroxyl groups excluding tert-OH is 1. The van der Waals surface area contributed by atoms with E-state index in [0.29, 0.717) is 12.1 Å². The molecule has 0 bridgehead atoms. The lowest BCUT2D eigenvalue weighted by Gasteiger charge is -2.19. The molecule has 0 aliphatic carbocycles. The second-order valence-corrected chi connectivity index (χ2v) is 4.22. The Hall–Kier alpha value is -1.44. The minimum absolute atomic E-state index is 0.0622. The summed E-state index contributed by atoms with van der Waals surface area (Å²) in [6, 6.07) is 6.68. The van der Waals surface area contributed by atoms with Gasteiger partial charge in [-0.1, -0.05) is 19.1 Å². The van der Waals surface area contributed by atoms with Gasteiger partial charge in [0.1, 0.15) is 11.9 Å². The normalized spacial score (nSPS) is 14.1. The predicted molar refractivity (Wildman–Crippen MR) is 63.7 cm³/mol. The fourth-order valence-corrected chi connectivity index (χ4v) is 1.43. The van der Waals surface area contributed by atoms with Crippen LogP contribution in [0.2, 0.25) is 0 Å². The van der Waals surface area contributed by atoms with Crippen molar-refractivity contribution in [1.29, 1.82) is 5.26 Å². The number of nitrogens with zero attached hydrogens (tertiary/aromatic N) is 1. The first-order chi connectivity index (χ1) is 8.10. The summed E-state index contributed by atoms with van der Waals surface area (Å²) in [7, 11) is 0. The summed E-state index contributed by atoms with van der Waals surface area (Å²) in [6.07, 6.45) is 0. The van der Waals surface area contributed by atoms with Crippen molar-refractivity contribution in [3.63, 3.8) is 0 Å². The third-order valence-corrected chi connectivity index (χ3v) is 2.96. The van der Waals surface area contributed by atoms with E-state index in [1.165, 1.54) is 6.07 Å². The van der Waals surface area contributed by atoms with E-state index in [9.17, 15) is 4.39 Å². The summed E-state index contributed by atoms with van der Waals surface area (Å²) in [5.74, 6) is -0.358. The minimum Gasteiger partial charge on any atom is -0.396 e. The first-order valence-corrected chi connectivity index (χ1v) is 5.61. The molecule has 2 atom stereocenters. The molecule has 0 aliphatic rings. The summed E-state index contributed by atoms with van der Waals surface area (Å²) in [4.78, 5) is 0. The molecule has 2 N–H and O–H groups in total. The fourth-order valence-electron chi connectivity index (χ4n) is 1.43. The van der Waals surface area contributed by atoms with Crippen molar-refractivity contribution in [2.75, 3.05) is 6.61 Å². The second kappa shape index (κ2) is 6.33. The third-order valence-electron chi connectivity index (χ3n) is 2.96. The molecule has 0 saturated heterocycles. The molecule has 0 amide bonds. The van der Waals surface area contributed by atoms with E-state index in [1.54, 1.807) is 12.1 Å². The molecule has 92 valence electrons. The van der Waals surface area contributed by atoms with Gasteiger partial charge in [-0.25, -0.2) is 4.39 Å². The number of aliphatic hydroxyl groups is 1. The van der Waals surface area contributed by atoms with E-state index in [1.807, 2.05) is 19.9 Å². The number of nitriles is 1. The van der Waals surface area contributed by atoms with Crippen LogP contribution >= 0.6 is 0 Å². The molecule has 0 aliphatic heterocycles. The maximum Gasteiger partial charge on any atom is 0.145 e. The van der Waals surface area contributed by atoms with Crippen LogP contribution in [0, 0.1) is 23.1 Å². The van der Waals surface area contributed by atoms with Crippen molar-refractivity contribution < 1.29 is 9.50 Å². The Morgan fingerprint density at radius 3 is 2.76 bits per heavy atom. The first kappa shape index (κ1) is 13.6. The van der Waals surface area contributed by atoms with Gasteiger partial charge in [0.2, 0.25) is 0 Å². The standard InChI is InChI=1S/C13H17FN2O/c1-9(8-17)10(2)16-7-12-5-3-4-11(6-15)13(12)14/h3-5,9-10,16-17H,7-8H2,1-2H3. The zero-order chi connectivity index (χ0) is 12.8. The number of halogens is 1. The van der Waals surface area contributed by atoms with Crippen LogP contribution in [0.5, 0.6) is 0 Å². The van der Waals surface area contributed by atoms with Crippen LogP contribution < -0.4 is 5.32 Å². The lowest BCUT2D eigenvalue weighted by Crippen LogP contribution is -2.33. The predicted octanol–water partition coefficient (Wildman–Crippen LogP) is 1.80. The quantitative estimate of drug-likeness (QED) is 0.819. The van der Waals surface area contributed by atoms with Crippen LogP contribution in [0.1, 0.15) is 25.0 Å². The summed E-state index contributed by atoms with van der Waals surface area (Å²) in [6.45, 7) is 4.30. The van der Waals surface area contributed by atoms with Crippen LogP contribution in [-0.4, -0.2) is 17.8 Å². The maximum absolute atomic E-state index is 13.7. The number of hydrogen-bond donors (Lipinski definition) is 2. The van der Waals surface area contributed by atoms with Gasteiger partial charge in [-0.3, -0.25) is 0 Å². The first-order valence-electron chi connectivity index (χ1n) is 5.61. The fraction of sp³-hybridized carbons (Fsp3) is 0.462. The zero-order valence-corrected chi connectivity index (χ0v) is 10.1. The van der Waals surface area contributed by atoms with Gasteiger partial charge in [0.25, 0.3) is 0 Å². The summed E-state index contributed by atoms with van der Waals surface area (Å²) in [5, 5.41) is 20.8. The molecular formula is C13H17FN2O. The highest BCUT2D eigenvalue weighted by molar-refractivity contribution is 5.34. The summed E-state index contributed by atoms with van der Waals surface area (Å²) >= 11 is 0. The van der Waals surface area contributed by atoms with Gasteiger partial charge in [0.15, 0.2) is 0 Å². The van der Waals surface area contributed by atoms with Gasteiger partial charge in [-0.2, -0.15) is 5.26 Å². The van der Waals surface area contributed by atoms with Crippen LogP contribution in [0.4, 0.5) is 4.39 Å². The Morgan fingerprint density at radius 2 is 2.18 bits per heavy atom. The number of nitrogens with one attached hydrogen (secondary N) is 1. The van der Waals surface area contributed by atoms with Crippen molar-refractivity contribution in [1.82, 2.24) is 5.32 Å². The largest absolute Gasteiger partial charge is 0.396 e. The average Bonchev–Trinajstić information content (AvgIpc) is 2.36. The second-order valence-electron chi connectivity index (χ2n) is 4.22. The molecule has 1 aromatic rings. The van der Waals surface area contributed by atoms with Crippen molar-refractivity contribution in [2.24, 2.45) is 5.92 Å². The molecular weight excluding hydrogens is 219 g/mol. The van der Waals surface area contributed by atoms with Crippen LogP contribution in [0.3, 0.4) is 0 Å². The molecule has 3 nitrogen and oxygen atoms in total. The molecule has 0 saturated carbocycles. The van der Waals surface area contributed by atoms with E-state index >= 15 is 0 Å². The van der Waals surface area contributed by atoms with Crippen molar-refractivity contribution in [3.8, 4) is 6.07 Å². The summed E-state index contributed by atoms with van der Waals surface area (Å²) in [5.41, 5.74) is 0.535. The smallest absolute Gasteiger partial charge is 0.145 e. The molecule has 1 rings (SSSR count). The van der Waals surface area contributed by atoms with Gasteiger partial charge in [-0.05, 0) is 18.9 Å². The molecule has 0 spiro atoms. The number of rotatable bonds is 5. The molecule has 0 radical (unpaired) electrons. The molecule has 17 heavy (non-hydrogen) atoms. The van der Waals surface area contributed by atoms with Crippen LogP contribution in [0.25, 0.3) is 0 Å². The van der Waals surface area contributed by atoms with E-state index in [4.69, 9.17) is 10.4 Å². The van der Waals surface area contributed by atoms with Crippen molar-refractivity contribution >= 4 is 0 Å². The monoisotopic (exact) mass is 236 g/mol. The lowest BCUT2D eigenvalue weighted by molar-refractivity contribution is 0.207. The summed E-state index contributed by atoms with van der Waals surface area (Å²) < 4.78 is 13.7. The Morgan fingerprint density at radius 1 is 1.47 bits per heavy atom. The molecule has 0 fully saturated rings.